The van der Waals surface area contributed by atoms with E-state index in [4.69, 9.17) is 14.2 Å². The van der Waals surface area contributed by atoms with E-state index < -0.39 is 12.0 Å². The van der Waals surface area contributed by atoms with Crippen LogP contribution in [0.1, 0.15) is 27.6 Å². The molecule has 1 aliphatic rings. The van der Waals surface area contributed by atoms with Crippen molar-refractivity contribution >= 4 is 17.7 Å². The Hall–Kier alpha value is -2.38. The number of para-hydroxylation sites is 1. The Kier molecular flexibility index (Phi) is 6.92. The molecule has 0 amide bonds. The smallest absolute Gasteiger partial charge is 0.321 e. The highest BCUT2D eigenvalue weighted by Gasteiger charge is 2.32. The second kappa shape index (κ2) is 9.41. The summed E-state index contributed by atoms with van der Waals surface area (Å²) in [6, 6.07) is 9.23. The van der Waals surface area contributed by atoms with Crippen LogP contribution in [-0.2, 0) is 4.79 Å². The van der Waals surface area contributed by atoms with Gasteiger partial charge in [0.05, 0.1) is 12.5 Å². The maximum Gasteiger partial charge on any atom is 0.321 e. The predicted octanol–water partition coefficient (Wildman–Crippen LogP) is 3.87. The fraction of sp³-hybridized carbons (Fsp3) is 0.409. The van der Waals surface area contributed by atoms with Crippen molar-refractivity contribution in [3.05, 3.63) is 52.6 Å². The minimum absolute atomic E-state index is 0.164. The largest absolute Gasteiger partial charge is 0.493 e. The summed E-state index contributed by atoms with van der Waals surface area (Å²) >= 11 is 1.55. The molecule has 156 valence electrons. The van der Waals surface area contributed by atoms with E-state index in [1.165, 1.54) is 5.56 Å². The van der Waals surface area contributed by atoms with Crippen LogP contribution in [0.15, 0.2) is 30.3 Å². The molecule has 1 aliphatic heterocycles. The Labute approximate surface area is 175 Å². The Bertz CT molecular complexity index is 886. The first kappa shape index (κ1) is 21.3. The van der Waals surface area contributed by atoms with Gasteiger partial charge in [-0.15, -0.1) is 11.8 Å². The van der Waals surface area contributed by atoms with Crippen LogP contribution < -0.4 is 19.5 Å². The maximum atomic E-state index is 11.3. The van der Waals surface area contributed by atoms with Crippen molar-refractivity contribution in [3.63, 3.8) is 0 Å². The lowest BCUT2D eigenvalue weighted by Crippen LogP contribution is -2.33. The summed E-state index contributed by atoms with van der Waals surface area (Å²) in [6.45, 7) is 6.89. The Morgan fingerprint density at radius 3 is 2.45 bits per heavy atom. The summed E-state index contributed by atoms with van der Waals surface area (Å²) in [5.41, 5.74) is 4.29. The van der Waals surface area contributed by atoms with Crippen molar-refractivity contribution in [3.8, 4) is 17.2 Å². The lowest BCUT2D eigenvalue weighted by molar-refractivity contribution is -0.138. The van der Waals surface area contributed by atoms with Gasteiger partial charge in [-0.05, 0) is 43.5 Å². The minimum atomic E-state index is -0.845. The average molecular weight is 418 g/mol. The molecule has 29 heavy (non-hydrogen) atoms. The Morgan fingerprint density at radius 2 is 1.79 bits per heavy atom. The molecular weight excluding hydrogens is 390 g/mol. The highest BCUT2D eigenvalue weighted by Crippen LogP contribution is 2.42. The average Bonchev–Trinajstić information content (AvgIpc) is 3.20. The van der Waals surface area contributed by atoms with Crippen molar-refractivity contribution < 1.29 is 24.1 Å². The molecule has 7 heteroatoms. The maximum absolute atomic E-state index is 11.3. The molecule has 1 fully saturated rings. The van der Waals surface area contributed by atoms with Crippen LogP contribution in [0.25, 0.3) is 0 Å². The van der Waals surface area contributed by atoms with Gasteiger partial charge in [-0.1, -0.05) is 24.3 Å². The van der Waals surface area contributed by atoms with E-state index in [0.717, 1.165) is 22.4 Å². The number of carbonyl (C=O) groups is 1. The van der Waals surface area contributed by atoms with E-state index in [1.54, 1.807) is 18.9 Å². The molecule has 2 unspecified atom stereocenters. The van der Waals surface area contributed by atoms with Gasteiger partial charge in [-0.25, -0.2) is 0 Å². The van der Waals surface area contributed by atoms with E-state index in [1.807, 2.05) is 25.1 Å². The zero-order valence-corrected chi connectivity index (χ0v) is 18.0. The standard InChI is InChI=1S/C22H27NO5S/c1-13-8-9-14(2)19(15(13)3)27-10-11-28-20-16(6-5-7-18(20)26-4)21-23-17(12-29-21)22(24)25/h5-9,17,21,23H,10-12H2,1-4H3,(H,24,25). The first-order valence-corrected chi connectivity index (χ1v) is 10.6. The van der Waals surface area contributed by atoms with Gasteiger partial charge >= 0.3 is 5.97 Å². The highest BCUT2D eigenvalue weighted by atomic mass is 32.2. The summed E-state index contributed by atoms with van der Waals surface area (Å²) in [6.07, 6.45) is 0. The van der Waals surface area contributed by atoms with Crippen LogP contribution in [0, 0.1) is 20.8 Å². The quantitative estimate of drug-likeness (QED) is 0.632. The van der Waals surface area contributed by atoms with E-state index in [0.29, 0.717) is 30.5 Å². The van der Waals surface area contributed by atoms with E-state index in [2.05, 4.69) is 31.3 Å². The number of ether oxygens (including phenoxy) is 3. The number of aryl methyl sites for hydroxylation is 2. The number of hydrogen-bond acceptors (Lipinski definition) is 6. The summed E-state index contributed by atoms with van der Waals surface area (Å²) in [5.74, 6) is 1.79. The molecule has 0 bridgehead atoms. The molecule has 6 nitrogen and oxygen atoms in total. The number of carboxylic acids is 1. The van der Waals surface area contributed by atoms with Crippen LogP contribution in [0.4, 0.5) is 0 Å². The fourth-order valence-corrected chi connectivity index (χ4v) is 4.53. The van der Waals surface area contributed by atoms with Crippen molar-refractivity contribution in [1.29, 1.82) is 0 Å². The minimum Gasteiger partial charge on any atom is -0.493 e. The molecule has 2 aromatic rings. The third kappa shape index (κ3) is 4.79. The molecule has 0 aromatic heterocycles. The number of carboxylic acid groups (broad SMARTS) is 1. The molecule has 1 heterocycles. The molecule has 0 radical (unpaired) electrons. The molecule has 0 spiro atoms. The second-order valence-electron chi connectivity index (χ2n) is 7.00. The Morgan fingerprint density at radius 1 is 1.10 bits per heavy atom. The van der Waals surface area contributed by atoms with Gasteiger partial charge in [0.25, 0.3) is 0 Å². The predicted molar refractivity (Wildman–Crippen MR) is 114 cm³/mol. The second-order valence-corrected chi connectivity index (χ2v) is 8.14. The first-order chi connectivity index (χ1) is 13.9. The van der Waals surface area contributed by atoms with Gasteiger partial charge < -0.3 is 19.3 Å². The van der Waals surface area contributed by atoms with Gasteiger partial charge in [0, 0.05) is 11.3 Å². The fourth-order valence-electron chi connectivity index (χ4n) is 3.28. The number of nitrogens with one attached hydrogen (secondary N) is 1. The third-order valence-electron chi connectivity index (χ3n) is 5.04. The van der Waals surface area contributed by atoms with Crippen LogP contribution >= 0.6 is 11.8 Å². The zero-order chi connectivity index (χ0) is 21.0. The summed E-state index contributed by atoms with van der Waals surface area (Å²) in [4.78, 5) is 11.3. The highest BCUT2D eigenvalue weighted by molar-refractivity contribution is 7.99. The monoisotopic (exact) mass is 417 g/mol. The van der Waals surface area contributed by atoms with Gasteiger partial charge in [0.15, 0.2) is 11.5 Å². The lowest BCUT2D eigenvalue weighted by Gasteiger charge is -2.20. The third-order valence-corrected chi connectivity index (χ3v) is 6.29. The number of aliphatic carboxylic acids is 1. The van der Waals surface area contributed by atoms with Crippen molar-refractivity contribution in [2.24, 2.45) is 0 Å². The van der Waals surface area contributed by atoms with Gasteiger partial charge in [-0.3, -0.25) is 10.1 Å². The first-order valence-electron chi connectivity index (χ1n) is 9.52. The number of rotatable bonds is 8. The normalized spacial score (nSPS) is 18.5. The molecule has 2 aromatic carbocycles. The zero-order valence-electron chi connectivity index (χ0n) is 17.2. The molecule has 2 N–H and O–H groups in total. The Balaban J connectivity index is 1.69. The summed E-state index contributed by atoms with van der Waals surface area (Å²) in [5, 5.41) is 12.2. The number of thioether (sulfide) groups is 1. The van der Waals surface area contributed by atoms with E-state index in [-0.39, 0.29) is 5.37 Å². The van der Waals surface area contributed by atoms with Gasteiger partial charge in [-0.2, -0.15) is 0 Å². The van der Waals surface area contributed by atoms with Crippen LogP contribution in [0.2, 0.25) is 0 Å². The van der Waals surface area contributed by atoms with Gasteiger partial charge in [0.1, 0.15) is 25.0 Å². The number of benzene rings is 2. The summed E-state index contributed by atoms with van der Waals surface area (Å²) < 4.78 is 17.5. The number of methoxy groups -OCH3 is 1. The molecule has 3 rings (SSSR count). The topological polar surface area (TPSA) is 77.0 Å². The van der Waals surface area contributed by atoms with Gasteiger partial charge in [0.2, 0.25) is 0 Å². The molecule has 0 aliphatic carbocycles. The van der Waals surface area contributed by atoms with Crippen LogP contribution in [0.3, 0.4) is 0 Å². The SMILES string of the molecule is COc1cccc(C2NC(C(=O)O)CS2)c1OCCOc1c(C)ccc(C)c1C. The van der Waals surface area contributed by atoms with Crippen LogP contribution in [0.5, 0.6) is 17.2 Å². The van der Waals surface area contributed by atoms with Crippen LogP contribution in [-0.4, -0.2) is 43.2 Å². The molecule has 1 saturated heterocycles. The van der Waals surface area contributed by atoms with Crippen molar-refractivity contribution in [1.82, 2.24) is 5.32 Å². The van der Waals surface area contributed by atoms with Crippen molar-refractivity contribution in [2.75, 3.05) is 26.1 Å². The number of hydrogen-bond donors (Lipinski definition) is 2. The summed E-state index contributed by atoms with van der Waals surface area (Å²) in [7, 11) is 1.59. The van der Waals surface area contributed by atoms with Crippen molar-refractivity contribution in [2.45, 2.75) is 32.2 Å². The molecule has 2 atom stereocenters. The van der Waals surface area contributed by atoms with E-state index >= 15 is 0 Å². The molecule has 0 saturated carbocycles. The lowest BCUT2D eigenvalue weighted by atomic mass is 10.1. The molecular formula is C22H27NO5S. The van der Waals surface area contributed by atoms with E-state index in [9.17, 15) is 9.90 Å².